The van der Waals surface area contributed by atoms with E-state index in [0.29, 0.717) is 5.69 Å². The van der Waals surface area contributed by atoms with E-state index in [1.165, 1.54) is 10.7 Å². The Hall–Kier alpha value is -1.71. The van der Waals surface area contributed by atoms with Crippen molar-refractivity contribution in [1.82, 2.24) is 9.78 Å². The van der Waals surface area contributed by atoms with Crippen LogP contribution in [-0.2, 0) is 7.05 Å². The van der Waals surface area contributed by atoms with E-state index < -0.39 is 11.6 Å². The third-order valence-electron chi connectivity index (χ3n) is 1.96. The second kappa shape index (κ2) is 3.21. The monoisotopic (exact) mass is 193 g/mol. The second-order valence-electron chi connectivity index (χ2n) is 2.91. The largest absolute Gasteiger partial charge is 0.267 e. The maximum atomic E-state index is 13.3. The van der Waals surface area contributed by atoms with Gasteiger partial charge in [0.25, 0.3) is 0 Å². The van der Waals surface area contributed by atoms with Gasteiger partial charge in [0.05, 0.1) is 5.69 Å². The molecular formula is C10H7F2N2. The van der Waals surface area contributed by atoms with Crippen molar-refractivity contribution >= 4 is 0 Å². The minimum Gasteiger partial charge on any atom is -0.267 e. The molecule has 0 N–H and O–H groups in total. The lowest BCUT2D eigenvalue weighted by molar-refractivity contribution is 0.601. The van der Waals surface area contributed by atoms with Crippen LogP contribution in [0.4, 0.5) is 8.78 Å². The van der Waals surface area contributed by atoms with Crippen LogP contribution in [0.3, 0.4) is 0 Å². The van der Waals surface area contributed by atoms with Crippen LogP contribution in [0.25, 0.3) is 11.3 Å². The smallest absolute Gasteiger partial charge is 0.132 e. The molecule has 0 aliphatic heterocycles. The van der Waals surface area contributed by atoms with Crippen molar-refractivity contribution < 1.29 is 8.78 Å². The normalized spacial score (nSPS) is 10.5. The van der Waals surface area contributed by atoms with Gasteiger partial charge in [0.15, 0.2) is 0 Å². The summed E-state index contributed by atoms with van der Waals surface area (Å²) in [6, 6.07) is 4.83. The number of aryl methyl sites for hydroxylation is 1. The molecule has 0 amide bonds. The Balaban J connectivity index is 2.62. The van der Waals surface area contributed by atoms with Crippen molar-refractivity contribution in [2.45, 2.75) is 0 Å². The van der Waals surface area contributed by atoms with Crippen LogP contribution in [0.2, 0.25) is 0 Å². The first-order chi connectivity index (χ1) is 6.68. The zero-order valence-electron chi connectivity index (χ0n) is 7.46. The molecular weight excluding hydrogens is 186 g/mol. The van der Waals surface area contributed by atoms with Crippen molar-refractivity contribution in [3.05, 3.63) is 42.1 Å². The average Bonchev–Trinajstić information content (AvgIpc) is 2.56. The molecule has 0 saturated heterocycles. The van der Waals surface area contributed by atoms with Gasteiger partial charge in [-0.05, 0) is 24.3 Å². The molecule has 1 radical (unpaired) electrons. The van der Waals surface area contributed by atoms with Gasteiger partial charge in [-0.1, -0.05) is 0 Å². The van der Waals surface area contributed by atoms with Crippen LogP contribution in [0.15, 0.2) is 24.3 Å². The Labute approximate surface area is 79.8 Å². The Morgan fingerprint density at radius 1 is 1.36 bits per heavy atom. The van der Waals surface area contributed by atoms with Crippen molar-refractivity contribution in [2.24, 2.45) is 7.05 Å². The Morgan fingerprint density at radius 3 is 2.79 bits per heavy atom. The molecule has 0 bridgehead atoms. The first-order valence-corrected chi connectivity index (χ1v) is 4.04. The van der Waals surface area contributed by atoms with Gasteiger partial charge in [-0.2, -0.15) is 5.10 Å². The average molecular weight is 193 g/mol. The van der Waals surface area contributed by atoms with Crippen molar-refractivity contribution in [2.75, 3.05) is 0 Å². The third-order valence-corrected chi connectivity index (χ3v) is 1.96. The fourth-order valence-corrected chi connectivity index (χ4v) is 1.27. The summed E-state index contributed by atoms with van der Waals surface area (Å²) < 4.78 is 27.6. The van der Waals surface area contributed by atoms with Gasteiger partial charge in [0, 0.05) is 12.6 Å². The molecule has 71 valence electrons. The fourth-order valence-electron chi connectivity index (χ4n) is 1.27. The number of nitrogens with zero attached hydrogens (tertiary/aromatic N) is 2. The predicted octanol–water partition coefficient (Wildman–Crippen LogP) is 2.17. The summed E-state index contributed by atoms with van der Waals surface area (Å²) in [4.78, 5) is 0. The van der Waals surface area contributed by atoms with Gasteiger partial charge < -0.3 is 0 Å². The highest BCUT2D eigenvalue weighted by molar-refractivity contribution is 5.59. The minimum absolute atomic E-state index is 0.196. The molecule has 1 aromatic heterocycles. The van der Waals surface area contributed by atoms with E-state index in [1.807, 2.05) is 0 Å². The van der Waals surface area contributed by atoms with Gasteiger partial charge in [0.2, 0.25) is 0 Å². The van der Waals surface area contributed by atoms with Crippen molar-refractivity contribution in [3.63, 3.8) is 0 Å². The topological polar surface area (TPSA) is 17.8 Å². The molecule has 0 unspecified atom stereocenters. The molecule has 2 nitrogen and oxygen atoms in total. The lowest BCUT2D eigenvalue weighted by Crippen LogP contribution is -1.95. The number of aromatic nitrogens is 2. The third kappa shape index (κ3) is 1.39. The summed E-state index contributed by atoms with van der Waals surface area (Å²) >= 11 is 0. The van der Waals surface area contributed by atoms with Crippen molar-refractivity contribution in [3.8, 4) is 11.3 Å². The number of benzene rings is 1. The van der Waals surface area contributed by atoms with E-state index in [4.69, 9.17) is 0 Å². The highest BCUT2D eigenvalue weighted by Crippen LogP contribution is 2.22. The SMILES string of the molecule is Cn1n[c]cc1-c1cc(F)ccc1F. The summed E-state index contributed by atoms with van der Waals surface area (Å²) in [5.74, 6) is -0.939. The predicted molar refractivity (Wildman–Crippen MR) is 47.4 cm³/mol. The first kappa shape index (κ1) is 8.87. The zero-order valence-corrected chi connectivity index (χ0v) is 7.46. The molecule has 0 fully saturated rings. The van der Waals surface area contributed by atoms with Gasteiger partial charge in [0.1, 0.15) is 17.8 Å². The number of hydrogen-bond acceptors (Lipinski definition) is 1. The highest BCUT2D eigenvalue weighted by atomic mass is 19.1. The number of rotatable bonds is 1. The van der Waals surface area contributed by atoms with Crippen LogP contribution in [0, 0.1) is 17.8 Å². The van der Waals surface area contributed by atoms with E-state index in [-0.39, 0.29) is 5.56 Å². The number of halogens is 2. The molecule has 4 heteroatoms. The standard InChI is InChI=1S/C10H7F2N2/c1-14-10(4-5-13-14)8-6-7(11)2-3-9(8)12/h2-4,6H,1H3. The van der Waals surface area contributed by atoms with Gasteiger partial charge >= 0.3 is 0 Å². The quantitative estimate of drug-likeness (QED) is 0.678. The highest BCUT2D eigenvalue weighted by Gasteiger charge is 2.09. The first-order valence-electron chi connectivity index (χ1n) is 4.04. The van der Waals surface area contributed by atoms with E-state index in [9.17, 15) is 8.78 Å². The summed E-state index contributed by atoms with van der Waals surface area (Å²) in [6.07, 6.45) is 2.57. The molecule has 0 aliphatic rings. The van der Waals surface area contributed by atoms with E-state index in [2.05, 4.69) is 11.3 Å². The maximum absolute atomic E-state index is 13.3. The summed E-state index contributed by atoms with van der Waals surface area (Å²) in [7, 11) is 1.65. The van der Waals surface area contributed by atoms with Crippen LogP contribution >= 0.6 is 0 Å². The Bertz CT molecular complexity index is 463. The Morgan fingerprint density at radius 2 is 2.14 bits per heavy atom. The molecule has 0 atom stereocenters. The molecule has 1 heterocycles. The zero-order chi connectivity index (χ0) is 10.1. The summed E-state index contributed by atoms with van der Waals surface area (Å²) in [6.45, 7) is 0. The molecule has 2 aromatic rings. The number of hydrogen-bond donors (Lipinski definition) is 0. The van der Waals surface area contributed by atoms with Crippen LogP contribution in [-0.4, -0.2) is 9.78 Å². The lowest BCUT2D eigenvalue weighted by atomic mass is 10.1. The summed E-state index contributed by atoms with van der Waals surface area (Å²) in [5, 5.41) is 3.77. The molecule has 14 heavy (non-hydrogen) atoms. The van der Waals surface area contributed by atoms with Gasteiger partial charge in [-0.3, -0.25) is 4.68 Å². The maximum Gasteiger partial charge on any atom is 0.132 e. The van der Waals surface area contributed by atoms with Crippen LogP contribution in [0.1, 0.15) is 0 Å². The molecule has 0 saturated carbocycles. The summed E-state index contributed by atoms with van der Waals surface area (Å²) in [5.41, 5.74) is 0.697. The molecule has 1 aromatic carbocycles. The van der Waals surface area contributed by atoms with Crippen LogP contribution < -0.4 is 0 Å². The Kier molecular flexibility index (Phi) is 2.04. The van der Waals surface area contributed by atoms with Gasteiger partial charge in [-0.25, -0.2) is 8.78 Å². The molecule has 2 rings (SSSR count). The lowest BCUT2D eigenvalue weighted by Gasteiger charge is -2.03. The second-order valence-corrected chi connectivity index (χ2v) is 2.91. The molecule has 0 spiro atoms. The van der Waals surface area contributed by atoms with Crippen LogP contribution in [0.5, 0.6) is 0 Å². The molecule has 0 aliphatic carbocycles. The fraction of sp³-hybridized carbons (Fsp3) is 0.100. The van der Waals surface area contributed by atoms with E-state index in [0.717, 1.165) is 18.2 Å². The van der Waals surface area contributed by atoms with E-state index >= 15 is 0 Å². The van der Waals surface area contributed by atoms with Crippen molar-refractivity contribution in [1.29, 1.82) is 0 Å². The van der Waals surface area contributed by atoms with Gasteiger partial charge in [-0.15, -0.1) is 0 Å². The van der Waals surface area contributed by atoms with E-state index in [1.54, 1.807) is 7.05 Å². The minimum atomic E-state index is -0.470.